The number of aromatic nitrogens is 1. The van der Waals surface area contributed by atoms with Crippen LogP contribution < -0.4 is 19.6 Å². The van der Waals surface area contributed by atoms with Gasteiger partial charge >= 0.3 is 0 Å². The van der Waals surface area contributed by atoms with Gasteiger partial charge < -0.3 is 28.4 Å². The van der Waals surface area contributed by atoms with Gasteiger partial charge in [0.05, 0.1) is 50.4 Å². The van der Waals surface area contributed by atoms with Crippen molar-refractivity contribution in [3.8, 4) is 11.1 Å². The predicted molar refractivity (Wildman–Crippen MR) is 629 cm³/mol. The molecule has 26 rings (SSSR count). The second-order valence-corrected chi connectivity index (χ2v) is 41.8. The summed E-state index contributed by atoms with van der Waals surface area (Å²) in [6.07, 6.45) is 3.85. The first-order valence-corrected chi connectivity index (χ1v) is 52.8. The first-order valence-electron chi connectivity index (χ1n) is 46.4. The molecule has 5 heterocycles. The zero-order valence-electron chi connectivity index (χ0n) is 76.9. The monoisotopic (exact) mass is 2250 g/mol. The quantitative estimate of drug-likeness (QED) is 0.114. The van der Waals surface area contributed by atoms with Crippen molar-refractivity contribution in [1.82, 2.24) is 4.98 Å². The molecule has 0 bridgehead atoms. The minimum absolute atomic E-state index is 0.890. The molecule has 0 unspecified atom stereocenters. The predicted octanol–water partition coefficient (Wildman–Crippen LogP) is 42.2. The Morgan fingerprint density at radius 3 is 1.08 bits per heavy atom. The van der Waals surface area contributed by atoms with E-state index in [0.717, 1.165) is 133 Å². The summed E-state index contributed by atoms with van der Waals surface area (Å²) in [5.41, 5.74) is 22.0. The molecule has 21 aromatic carbocycles. The number of furan rings is 2. The number of benzene rings is 21. The molecule has 0 radical (unpaired) electrons. The number of hydrogen-bond acceptors (Lipinski definition) is 9. The van der Waals surface area contributed by atoms with E-state index < -0.39 is 0 Å². The first kappa shape index (κ1) is 93.9. The third-order valence-electron chi connectivity index (χ3n) is 25.0. The van der Waals surface area contributed by atoms with Crippen molar-refractivity contribution in [1.29, 1.82) is 0 Å². The Labute approximate surface area is 882 Å². The number of fused-ring (bicyclic) bond motifs is 15. The summed E-state index contributed by atoms with van der Waals surface area (Å²) in [5, 5.41) is 17.2. The van der Waals surface area contributed by atoms with Crippen LogP contribution in [0.4, 0.5) is 68.2 Å². The van der Waals surface area contributed by atoms with Crippen LogP contribution in [0.3, 0.4) is 0 Å². The average Bonchev–Trinajstić information content (AvgIpc) is 1.28. The lowest BCUT2D eigenvalue weighted by Crippen LogP contribution is -2.11. The van der Waals surface area contributed by atoms with Gasteiger partial charge in [-0.3, -0.25) is 4.98 Å². The lowest BCUT2D eigenvalue weighted by molar-refractivity contribution is 0.668. The maximum Gasteiger partial charge on any atom is 0.137 e. The van der Waals surface area contributed by atoms with Gasteiger partial charge in [-0.15, -0.1) is 22.7 Å². The molecule has 142 heavy (non-hydrogen) atoms. The number of hydrogen-bond donors (Lipinski definition) is 0. The first-order chi connectivity index (χ1) is 69.7. The van der Waals surface area contributed by atoms with Crippen LogP contribution in [0.25, 0.3) is 128 Å². The van der Waals surface area contributed by atoms with Crippen LogP contribution in [0.2, 0.25) is 0 Å². The molecule has 0 N–H and O–H groups in total. The Morgan fingerprint density at radius 2 is 0.542 bits per heavy atom. The van der Waals surface area contributed by atoms with Gasteiger partial charge in [0.2, 0.25) is 0 Å². The Balaban J connectivity index is 0.000000103. The van der Waals surface area contributed by atoms with Gasteiger partial charge in [0.15, 0.2) is 0 Å². The van der Waals surface area contributed by atoms with E-state index >= 15 is 0 Å². The third kappa shape index (κ3) is 20.5. The molecule has 26 aromatic rings. The van der Waals surface area contributed by atoms with E-state index in [-0.39, 0.29) is 0 Å². The van der Waals surface area contributed by atoms with E-state index in [9.17, 15) is 0 Å². The highest BCUT2D eigenvalue weighted by Crippen LogP contribution is 2.50. The van der Waals surface area contributed by atoms with E-state index in [2.05, 4.69) is 559 Å². The molecule has 7 nitrogen and oxygen atoms in total. The van der Waals surface area contributed by atoms with Crippen molar-refractivity contribution < 1.29 is 8.83 Å². The number of nitrogens with zero attached hydrogens (tertiary/aromatic N) is 5. The number of anilines is 12. The second-order valence-electron chi connectivity index (χ2n) is 34.2. The van der Waals surface area contributed by atoms with Crippen LogP contribution >= 0.6 is 118 Å². The standard InChI is InChI=1S/C28H18BrNO.C28H18BrNS.C27H19BrN2.C20H18BrN.C12H7BrO.C12H7BrS/c29-20-15-17-21(18-16-20)30(24-11-5-8-19-7-1-2-9-22(19)24)25-12-6-14-27-28(25)23-10-3-4-13-26(23)31-27;29-20-15-17-21(18-16-20)30(25-12-5-8-19-7-1-2-9-22(19)25)26-13-6-11-24-23-10-3-4-14-27(23)31-28(24)26;28-23-13-15-24(16-14-23)30(27-12-6-10-21-9-4-5-11-26(21)27)25-17-22(18-29-19-25)20-7-2-1-3-8-20;1-15-3-9-18(10-4-15)22(19-11-5-16(2)6-12-19)20-13-7-17(21)8-14-20;2*13-8-5-6-12-10(7-8)9-3-1-2-4-11(9)14-12/h2*1-18H;1-19H;3-14H,1-2H3;2*1-7H. The second kappa shape index (κ2) is 43.0. The minimum atomic E-state index is 0.890. The fourth-order valence-electron chi connectivity index (χ4n) is 18.2. The third-order valence-corrected chi connectivity index (χ3v) is 30.4. The minimum Gasteiger partial charge on any atom is -0.456 e. The molecule has 686 valence electrons. The fraction of sp³-hybridized carbons (Fsp3) is 0.0157. The Morgan fingerprint density at radius 1 is 0.204 bits per heavy atom. The lowest BCUT2D eigenvalue weighted by atomic mass is 10.0. The Bertz CT molecular complexity index is 8750. The molecule has 0 aliphatic carbocycles. The fourth-order valence-corrected chi connectivity index (χ4v) is 22.3. The van der Waals surface area contributed by atoms with Gasteiger partial charge in [0, 0.05) is 141 Å². The number of pyridine rings is 1. The number of rotatable bonds is 13. The van der Waals surface area contributed by atoms with Gasteiger partial charge in [-0.25, -0.2) is 0 Å². The Hall–Kier alpha value is -14.3. The van der Waals surface area contributed by atoms with Crippen LogP contribution in [0, 0.1) is 13.8 Å². The SMILES string of the molecule is Brc1ccc(N(c2cccc3ccccc23)c2cccc3c2sc2ccccc23)cc1.Brc1ccc(N(c2cccc3ccccc23)c2cccc3oc4ccccc4c23)cc1.Brc1ccc(N(c2cncc(-c3ccccc3)c2)c2cccc3ccccc23)cc1.Brc1ccc2oc3ccccc3c2c1.Brc1ccc2sc3ccccc3c2c1.Cc1ccc(N(c2ccc(C)cc2)c2ccc(Br)cc2)cc1. The van der Waals surface area contributed by atoms with E-state index in [1.165, 1.54) is 101 Å². The lowest BCUT2D eigenvalue weighted by Gasteiger charge is -2.27. The topological polar surface area (TPSA) is 52.1 Å². The summed E-state index contributed by atoms with van der Waals surface area (Å²) >= 11 is 24.9. The molecule has 15 heteroatoms. The number of para-hydroxylation sites is 2. The number of thiophene rings is 2. The normalized spacial score (nSPS) is 11.1. The maximum absolute atomic E-state index is 6.19. The van der Waals surface area contributed by atoms with Gasteiger partial charge in [0.25, 0.3) is 0 Å². The van der Waals surface area contributed by atoms with Gasteiger partial charge in [-0.05, 0) is 260 Å². The Kier molecular flexibility index (Phi) is 28.5. The summed E-state index contributed by atoms with van der Waals surface area (Å²) in [5.74, 6) is 0. The molecule has 0 saturated heterocycles. The largest absolute Gasteiger partial charge is 0.456 e. The summed E-state index contributed by atoms with van der Waals surface area (Å²) in [6, 6.07) is 168. The molecule has 0 aliphatic rings. The highest BCUT2D eigenvalue weighted by atomic mass is 79.9. The van der Waals surface area contributed by atoms with E-state index in [1.807, 2.05) is 89.7 Å². The van der Waals surface area contributed by atoms with Crippen molar-refractivity contribution in [3.63, 3.8) is 0 Å². The van der Waals surface area contributed by atoms with Crippen molar-refractivity contribution >= 4 is 303 Å². The maximum atomic E-state index is 6.19. The van der Waals surface area contributed by atoms with Crippen LogP contribution in [0.5, 0.6) is 0 Å². The molecule has 0 spiro atoms. The zero-order valence-corrected chi connectivity index (χ0v) is 88.1. The van der Waals surface area contributed by atoms with Crippen LogP contribution in [0.15, 0.2) is 527 Å². The molecule has 0 saturated carbocycles. The molecule has 5 aromatic heterocycles. The molecular formula is C127H87Br6N5O2S2. The van der Waals surface area contributed by atoms with Crippen LogP contribution in [-0.4, -0.2) is 4.98 Å². The van der Waals surface area contributed by atoms with Gasteiger partial charge in [0.1, 0.15) is 22.3 Å². The molecule has 0 amide bonds. The number of halogens is 6. The molecule has 0 fully saturated rings. The van der Waals surface area contributed by atoms with Crippen LogP contribution in [0.1, 0.15) is 11.1 Å². The van der Waals surface area contributed by atoms with Gasteiger partial charge in [-0.1, -0.05) is 361 Å². The zero-order chi connectivity index (χ0) is 96.5. The summed E-state index contributed by atoms with van der Waals surface area (Å²) in [4.78, 5) is 13.8. The molecule has 0 atom stereocenters. The number of aryl methyl sites for hydroxylation is 2. The van der Waals surface area contributed by atoms with Gasteiger partial charge in [-0.2, -0.15) is 0 Å². The van der Waals surface area contributed by atoms with E-state index in [0.29, 0.717) is 0 Å². The van der Waals surface area contributed by atoms with Crippen molar-refractivity contribution in [3.05, 3.63) is 530 Å². The van der Waals surface area contributed by atoms with Crippen LogP contribution in [-0.2, 0) is 0 Å². The summed E-state index contributed by atoms with van der Waals surface area (Å²) < 4.78 is 23.7. The molecular weight excluding hydrogens is 2170 g/mol. The van der Waals surface area contributed by atoms with Crippen molar-refractivity contribution in [2.24, 2.45) is 0 Å². The highest BCUT2D eigenvalue weighted by molar-refractivity contribution is 9.11. The summed E-state index contributed by atoms with van der Waals surface area (Å²) in [7, 11) is 0. The summed E-state index contributed by atoms with van der Waals surface area (Å²) in [6.45, 7) is 4.22. The average molecular weight is 2260 g/mol. The van der Waals surface area contributed by atoms with Crippen molar-refractivity contribution in [2.45, 2.75) is 13.8 Å². The van der Waals surface area contributed by atoms with E-state index in [1.54, 1.807) is 0 Å². The van der Waals surface area contributed by atoms with Crippen molar-refractivity contribution in [2.75, 3.05) is 19.6 Å². The highest BCUT2D eigenvalue weighted by Gasteiger charge is 2.25. The molecule has 0 aliphatic heterocycles. The van der Waals surface area contributed by atoms with E-state index in [4.69, 9.17) is 8.83 Å². The smallest absolute Gasteiger partial charge is 0.137 e.